The molecule has 35 heavy (non-hydrogen) atoms. The maximum absolute atomic E-state index is 14.8. The van der Waals surface area contributed by atoms with Crippen LogP contribution in [-0.4, -0.2) is 45.8 Å². The van der Waals surface area contributed by atoms with Gasteiger partial charge in [0.2, 0.25) is 0 Å². The summed E-state index contributed by atoms with van der Waals surface area (Å²) >= 11 is 0. The minimum atomic E-state index is -0.530. The van der Waals surface area contributed by atoms with Gasteiger partial charge in [-0.05, 0) is 60.1 Å². The molecule has 0 aliphatic carbocycles. The summed E-state index contributed by atoms with van der Waals surface area (Å²) in [6.07, 6.45) is 1.10. The number of aryl methyl sites for hydroxylation is 2. The predicted molar refractivity (Wildman–Crippen MR) is 128 cm³/mol. The average Bonchev–Trinajstić information content (AvgIpc) is 2.84. The van der Waals surface area contributed by atoms with E-state index in [1.807, 2.05) is 32.0 Å². The van der Waals surface area contributed by atoms with E-state index in [0.29, 0.717) is 35.3 Å². The minimum absolute atomic E-state index is 0.0127. The molecule has 2 aromatic carbocycles. The van der Waals surface area contributed by atoms with E-state index >= 15 is 0 Å². The highest BCUT2D eigenvalue weighted by atomic mass is 19.1. The van der Waals surface area contributed by atoms with Gasteiger partial charge in [-0.1, -0.05) is 26.0 Å². The predicted octanol–water partition coefficient (Wildman–Crippen LogP) is 4.03. The largest absolute Gasteiger partial charge is 0.482 e. The highest BCUT2D eigenvalue weighted by molar-refractivity contribution is 5.74. The summed E-state index contributed by atoms with van der Waals surface area (Å²) in [5.41, 5.74) is 4.39. The Bertz CT molecular complexity index is 1050. The molecule has 7 nitrogen and oxygen atoms in total. The second-order valence-electron chi connectivity index (χ2n) is 8.36. The van der Waals surface area contributed by atoms with Gasteiger partial charge in [0.1, 0.15) is 11.6 Å². The normalized spacial score (nSPS) is 11.5. The van der Waals surface area contributed by atoms with Gasteiger partial charge in [0.25, 0.3) is 0 Å². The summed E-state index contributed by atoms with van der Waals surface area (Å²) in [5.74, 6) is -1.49. The molecule has 8 heteroatoms. The summed E-state index contributed by atoms with van der Waals surface area (Å²) in [6.45, 7) is 5.52. The Balaban J connectivity index is 2.39. The lowest BCUT2D eigenvalue weighted by Crippen LogP contribution is -2.15. The lowest BCUT2D eigenvalue weighted by Gasteiger charge is -2.21. The molecule has 0 aliphatic rings. The van der Waals surface area contributed by atoms with Crippen molar-refractivity contribution in [2.75, 3.05) is 27.9 Å². The molecule has 0 fully saturated rings. The number of halogens is 1. The van der Waals surface area contributed by atoms with Crippen LogP contribution in [0.2, 0.25) is 0 Å². The molecule has 2 rings (SSSR count). The van der Waals surface area contributed by atoms with Gasteiger partial charge < -0.3 is 18.9 Å². The lowest BCUT2D eigenvalue weighted by atomic mass is 9.86. The minimum Gasteiger partial charge on any atom is -0.482 e. The zero-order valence-corrected chi connectivity index (χ0v) is 21.2. The van der Waals surface area contributed by atoms with Gasteiger partial charge >= 0.3 is 17.9 Å². The first-order chi connectivity index (χ1) is 16.6. The van der Waals surface area contributed by atoms with E-state index in [0.717, 1.165) is 16.7 Å². The highest BCUT2D eigenvalue weighted by Crippen LogP contribution is 2.32. The summed E-state index contributed by atoms with van der Waals surface area (Å²) in [5, 5.41) is 0. The fourth-order valence-corrected chi connectivity index (χ4v) is 4.01. The van der Waals surface area contributed by atoms with Crippen molar-refractivity contribution in [3.8, 4) is 5.75 Å². The van der Waals surface area contributed by atoms with Crippen LogP contribution in [0.3, 0.4) is 0 Å². The number of carbonyl (C=O) groups is 3. The molecular weight excluding hydrogens is 455 g/mol. The van der Waals surface area contributed by atoms with Crippen LogP contribution >= 0.6 is 0 Å². The van der Waals surface area contributed by atoms with Crippen LogP contribution in [0.1, 0.15) is 53.1 Å². The van der Waals surface area contributed by atoms with Crippen molar-refractivity contribution in [1.29, 1.82) is 0 Å². The standard InChI is InChI=1S/C27H33FO7/c1-7-19-12-24(35-15-27(31)34-6)20(13-25(29)32-4)11-21(19)16(2)8-18-9-17(3)22(23(28)10-18)14-26(30)33-5/h9-12,16H,7-8,13-15H2,1-6H3. The van der Waals surface area contributed by atoms with E-state index in [1.165, 1.54) is 27.4 Å². The third-order valence-corrected chi connectivity index (χ3v) is 5.94. The number of benzene rings is 2. The first-order valence-electron chi connectivity index (χ1n) is 11.4. The van der Waals surface area contributed by atoms with E-state index in [1.54, 1.807) is 6.92 Å². The monoisotopic (exact) mass is 488 g/mol. The number of methoxy groups -OCH3 is 3. The van der Waals surface area contributed by atoms with Crippen LogP contribution in [0.5, 0.6) is 5.75 Å². The van der Waals surface area contributed by atoms with E-state index in [9.17, 15) is 18.8 Å². The molecule has 0 radical (unpaired) electrons. The fourth-order valence-electron chi connectivity index (χ4n) is 4.01. The first kappa shape index (κ1) is 27.8. The molecule has 1 atom stereocenters. The Kier molecular flexibility index (Phi) is 10.2. The van der Waals surface area contributed by atoms with Crippen LogP contribution in [0.25, 0.3) is 0 Å². The summed E-state index contributed by atoms with van der Waals surface area (Å²) in [6, 6.07) is 7.06. The quantitative estimate of drug-likeness (QED) is 0.349. The number of hydrogen-bond acceptors (Lipinski definition) is 7. The van der Waals surface area contributed by atoms with Crippen molar-refractivity contribution < 1.29 is 37.7 Å². The molecule has 1 unspecified atom stereocenters. The maximum Gasteiger partial charge on any atom is 0.343 e. The van der Waals surface area contributed by atoms with E-state index < -0.39 is 23.7 Å². The average molecular weight is 489 g/mol. The van der Waals surface area contributed by atoms with E-state index in [2.05, 4.69) is 9.47 Å². The van der Waals surface area contributed by atoms with Crippen molar-refractivity contribution >= 4 is 17.9 Å². The second-order valence-corrected chi connectivity index (χ2v) is 8.36. The number of ether oxygens (including phenoxy) is 4. The Morgan fingerprint density at radius 3 is 2.09 bits per heavy atom. The Labute approximate surface area is 205 Å². The van der Waals surface area contributed by atoms with Crippen molar-refractivity contribution in [2.45, 2.75) is 52.4 Å². The molecule has 0 spiro atoms. The molecule has 0 amide bonds. The van der Waals surface area contributed by atoms with Gasteiger partial charge in [-0.25, -0.2) is 9.18 Å². The topological polar surface area (TPSA) is 88.1 Å². The number of esters is 3. The first-order valence-corrected chi connectivity index (χ1v) is 11.4. The second kappa shape index (κ2) is 12.9. The molecule has 0 saturated heterocycles. The molecule has 0 aromatic heterocycles. The molecule has 0 heterocycles. The third kappa shape index (κ3) is 7.53. The van der Waals surface area contributed by atoms with Gasteiger partial charge in [-0.3, -0.25) is 9.59 Å². The summed E-state index contributed by atoms with van der Waals surface area (Å²) < 4.78 is 34.5. The van der Waals surface area contributed by atoms with Crippen molar-refractivity contribution in [3.63, 3.8) is 0 Å². The SMILES string of the molecule is CCc1cc(OCC(=O)OC)c(CC(=O)OC)cc1C(C)Cc1cc(C)c(CC(=O)OC)c(F)c1. The Morgan fingerprint density at radius 1 is 0.886 bits per heavy atom. The molecule has 0 N–H and O–H groups in total. The zero-order valence-electron chi connectivity index (χ0n) is 21.2. The van der Waals surface area contributed by atoms with E-state index in [4.69, 9.17) is 9.47 Å². The number of hydrogen-bond donors (Lipinski definition) is 0. The van der Waals surface area contributed by atoms with Crippen LogP contribution < -0.4 is 4.74 Å². The van der Waals surface area contributed by atoms with Crippen molar-refractivity contribution in [3.05, 3.63) is 63.5 Å². The highest BCUT2D eigenvalue weighted by Gasteiger charge is 2.20. The number of carbonyl (C=O) groups excluding carboxylic acids is 3. The van der Waals surface area contributed by atoms with Gasteiger partial charge in [-0.2, -0.15) is 0 Å². The molecule has 0 aliphatic heterocycles. The maximum atomic E-state index is 14.8. The van der Waals surface area contributed by atoms with Gasteiger partial charge in [-0.15, -0.1) is 0 Å². The van der Waals surface area contributed by atoms with Crippen LogP contribution in [0, 0.1) is 12.7 Å². The van der Waals surface area contributed by atoms with Crippen molar-refractivity contribution in [1.82, 2.24) is 0 Å². The fraction of sp³-hybridized carbons (Fsp3) is 0.444. The third-order valence-electron chi connectivity index (χ3n) is 5.94. The molecule has 0 bridgehead atoms. The smallest absolute Gasteiger partial charge is 0.343 e. The summed E-state index contributed by atoms with van der Waals surface area (Å²) in [7, 11) is 3.86. The number of rotatable bonds is 11. The van der Waals surface area contributed by atoms with Crippen LogP contribution in [-0.2, 0) is 54.3 Å². The summed E-state index contributed by atoms with van der Waals surface area (Å²) in [4.78, 5) is 35.2. The molecular formula is C27H33FO7. The van der Waals surface area contributed by atoms with Gasteiger partial charge in [0, 0.05) is 11.1 Å². The Hall–Kier alpha value is -3.42. The van der Waals surface area contributed by atoms with Gasteiger partial charge in [0.15, 0.2) is 6.61 Å². The zero-order chi connectivity index (χ0) is 26.1. The van der Waals surface area contributed by atoms with Crippen LogP contribution in [0.15, 0.2) is 24.3 Å². The van der Waals surface area contributed by atoms with Crippen molar-refractivity contribution in [2.24, 2.45) is 0 Å². The molecule has 190 valence electrons. The Morgan fingerprint density at radius 2 is 1.51 bits per heavy atom. The molecule has 2 aromatic rings. The van der Waals surface area contributed by atoms with Crippen LogP contribution in [0.4, 0.5) is 4.39 Å². The van der Waals surface area contributed by atoms with Gasteiger partial charge in [0.05, 0.1) is 34.2 Å². The van der Waals surface area contributed by atoms with E-state index in [-0.39, 0.29) is 25.4 Å². The molecule has 0 saturated carbocycles. The lowest BCUT2D eigenvalue weighted by molar-refractivity contribution is -0.143.